The first-order valence-electron chi connectivity index (χ1n) is 5.54. The van der Waals surface area contributed by atoms with Crippen LogP contribution in [0.25, 0.3) is 0 Å². The lowest BCUT2D eigenvalue weighted by Gasteiger charge is -2.27. The molecule has 0 spiro atoms. The van der Waals surface area contributed by atoms with Crippen LogP contribution in [-0.2, 0) is 15.5 Å². The predicted octanol–water partition coefficient (Wildman–Crippen LogP) is 0.185. The highest BCUT2D eigenvalue weighted by atomic mass is 32.2. The van der Waals surface area contributed by atoms with E-state index in [0.29, 0.717) is 32.8 Å². The Labute approximate surface area is 99.0 Å². The number of morpholine rings is 1. The summed E-state index contributed by atoms with van der Waals surface area (Å²) in [6.07, 6.45) is 2.44. The molecule has 1 aliphatic heterocycles. The van der Waals surface area contributed by atoms with E-state index < -0.39 is 10.8 Å². The van der Waals surface area contributed by atoms with E-state index in [-0.39, 0.29) is 11.3 Å². The van der Waals surface area contributed by atoms with Gasteiger partial charge in [-0.15, -0.1) is 0 Å². The van der Waals surface area contributed by atoms with Crippen molar-refractivity contribution in [1.29, 1.82) is 0 Å². The molecular formula is C10H20N2O3S. The van der Waals surface area contributed by atoms with E-state index in [9.17, 15) is 9.00 Å². The van der Waals surface area contributed by atoms with Crippen molar-refractivity contribution in [1.82, 2.24) is 10.2 Å². The molecule has 0 bridgehead atoms. The Morgan fingerprint density at radius 3 is 2.69 bits per heavy atom. The van der Waals surface area contributed by atoms with Crippen LogP contribution in [-0.4, -0.2) is 59.5 Å². The van der Waals surface area contributed by atoms with Crippen LogP contribution in [0.1, 0.15) is 13.3 Å². The van der Waals surface area contributed by atoms with Crippen molar-refractivity contribution in [2.75, 3.05) is 39.1 Å². The molecule has 94 valence electrons. The SMILES string of the molecule is CC(CCNC(=O)N1CCOCC1)S(C)=O. The van der Waals surface area contributed by atoms with Gasteiger partial charge in [0.2, 0.25) is 0 Å². The van der Waals surface area contributed by atoms with Crippen molar-refractivity contribution in [3.63, 3.8) is 0 Å². The maximum absolute atomic E-state index is 11.6. The zero-order valence-electron chi connectivity index (χ0n) is 9.90. The molecule has 1 N–H and O–H groups in total. The summed E-state index contributed by atoms with van der Waals surface area (Å²) in [6.45, 7) is 5.04. The van der Waals surface area contributed by atoms with Gasteiger partial charge < -0.3 is 15.0 Å². The quantitative estimate of drug-likeness (QED) is 0.772. The summed E-state index contributed by atoms with van der Waals surface area (Å²) < 4.78 is 16.3. The molecule has 1 aliphatic rings. The normalized spacial score (nSPS) is 20.2. The summed E-state index contributed by atoms with van der Waals surface area (Å²) in [5, 5.41) is 2.96. The van der Waals surface area contributed by atoms with Crippen molar-refractivity contribution in [3.05, 3.63) is 0 Å². The standard InChI is InChI=1S/C10H20N2O3S/c1-9(16(2)14)3-4-11-10(13)12-5-7-15-8-6-12/h9H,3-8H2,1-2H3,(H,11,13). The van der Waals surface area contributed by atoms with Crippen LogP contribution in [0.15, 0.2) is 0 Å². The summed E-state index contributed by atoms with van der Waals surface area (Å²) in [4.78, 5) is 13.4. The van der Waals surface area contributed by atoms with Gasteiger partial charge in [-0.2, -0.15) is 0 Å². The van der Waals surface area contributed by atoms with Gasteiger partial charge in [-0.3, -0.25) is 4.21 Å². The van der Waals surface area contributed by atoms with E-state index in [0.717, 1.165) is 6.42 Å². The molecule has 1 fully saturated rings. The zero-order chi connectivity index (χ0) is 12.0. The van der Waals surface area contributed by atoms with Crippen LogP contribution in [0.4, 0.5) is 4.79 Å². The molecule has 2 unspecified atom stereocenters. The maximum atomic E-state index is 11.6. The maximum Gasteiger partial charge on any atom is 0.317 e. The first-order chi connectivity index (χ1) is 7.61. The third-order valence-electron chi connectivity index (χ3n) is 2.69. The summed E-state index contributed by atoms with van der Waals surface area (Å²) in [6, 6.07) is -0.0441. The Balaban J connectivity index is 2.16. The number of urea groups is 1. The molecule has 2 atom stereocenters. The van der Waals surface area contributed by atoms with Gasteiger partial charge >= 0.3 is 6.03 Å². The van der Waals surface area contributed by atoms with Gasteiger partial charge in [0, 0.05) is 41.9 Å². The number of nitrogens with zero attached hydrogens (tertiary/aromatic N) is 1. The van der Waals surface area contributed by atoms with E-state index >= 15 is 0 Å². The third-order valence-corrected chi connectivity index (χ3v) is 4.06. The fourth-order valence-corrected chi connectivity index (χ4v) is 1.88. The Bertz CT molecular complexity index is 254. The fraction of sp³-hybridized carbons (Fsp3) is 0.900. The molecule has 1 saturated heterocycles. The molecule has 6 heteroatoms. The molecule has 0 aliphatic carbocycles. The van der Waals surface area contributed by atoms with Crippen LogP contribution in [0.5, 0.6) is 0 Å². The average Bonchev–Trinajstić information content (AvgIpc) is 2.29. The number of rotatable bonds is 4. The van der Waals surface area contributed by atoms with E-state index in [4.69, 9.17) is 4.74 Å². The largest absolute Gasteiger partial charge is 0.378 e. The minimum atomic E-state index is -0.815. The number of carbonyl (C=O) groups excluding carboxylic acids is 1. The van der Waals surface area contributed by atoms with Gasteiger partial charge in [-0.25, -0.2) is 4.79 Å². The van der Waals surface area contributed by atoms with Gasteiger partial charge in [-0.1, -0.05) is 6.92 Å². The molecule has 2 amide bonds. The Kier molecular flexibility index (Phi) is 5.76. The van der Waals surface area contributed by atoms with Gasteiger partial charge in [0.15, 0.2) is 0 Å². The van der Waals surface area contributed by atoms with E-state index in [1.165, 1.54) is 0 Å². The lowest BCUT2D eigenvalue weighted by atomic mass is 10.3. The van der Waals surface area contributed by atoms with Crippen LogP contribution < -0.4 is 5.32 Å². The molecule has 16 heavy (non-hydrogen) atoms. The number of carbonyl (C=O) groups is 1. The van der Waals surface area contributed by atoms with E-state index in [2.05, 4.69) is 5.32 Å². The first kappa shape index (κ1) is 13.4. The lowest BCUT2D eigenvalue weighted by molar-refractivity contribution is 0.0532. The van der Waals surface area contributed by atoms with Gasteiger partial charge in [0.1, 0.15) is 0 Å². The van der Waals surface area contributed by atoms with Crippen molar-refractivity contribution < 1.29 is 13.7 Å². The molecule has 0 aromatic heterocycles. The van der Waals surface area contributed by atoms with Crippen molar-refractivity contribution in [2.45, 2.75) is 18.6 Å². The monoisotopic (exact) mass is 248 g/mol. The predicted molar refractivity (Wildman–Crippen MR) is 63.9 cm³/mol. The Hall–Kier alpha value is -0.620. The fourth-order valence-electron chi connectivity index (χ4n) is 1.43. The van der Waals surface area contributed by atoms with Crippen molar-refractivity contribution in [3.8, 4) is 0 Å². The van der Waals surface area contributed by atoms with E-state index in [1.807, 2.05) is 6.92 Å². The molecule has 0 aromatic rings. The number of ether oxygens (including phenoxy) is 1. The lowest BCUT2D eigenvalue weighted by Crippen LogP contribution is -2.46. The van der Waals surface area contributed by atoms with Crippen molar-refractivity contribution in [2.24, 2.45) is 0 Å². The van der Waals surface area contributed by atoms with Gasteiger partial charge in [0.05, 0.1) is 13.2 Å². The van der Waals surface area contributed by atoms with E-state index in [1.54, 1.807) is 11.2 Å². The smallest absolute Gasteiger partial charge is 0.317 e. The number of hydrogen-bond acceptors (Lipinski definition) is 3. The molecule has 0 saturated carbocycles. The average molecular weight is 248 g/mol. The topological polar surface area (TPSA) is 58.6 Å². The van der Waals surface area contributed by atoms with Crippen LogP contribution in [0, 0.1) is 0 Å². The van der Waals surface area contributed by atoms with Gasteiger partial charge in [-0.05, 0) is 6.42 Å². The van der Waals surface area contributed by atoms with Gasteiger partial charge in [0.25, 0.3) is 0 Å². The molecule has 0 radical (unpaired) electrons. The number of nitrogens with one attached hydrogen (secondary N) is 1. The molecular weight excluding hydrogens is 228 g/mol. The van der Waals surface area contributed by atoms with Crippen molar-refractivity contribution >= 4 is 16.8 Å². The Morgan fingerprint density at radius 1 is 1.50 bits per heavy atom. The molecule has 0 aromatic carbocycles. The first-order valence-corrected chi connectivity index (χ1v) is 7.16. The second-order valence-corrected chi connectivity index (χ2v) is 5.73. The van der Waals surface area contributed by atoms with Crippen LogP contribution in [0.2, 0.25) is 0 Å². The molecule has 1 heterocycles. The highest BCUT2D eigenvalue weighted by molar-refractivity contribution is 7.84. The minimum Gasteiger partial charge on any atom is -0.378 e. The summed E-state index contributed by atoms with van der Waals surface area (Å²) >= 11 is 0. The Morgan fingerprint density at radius 2 is 2.12 bits per heavy atom. The number of hydrogen-bond donors (Lipinski definition) is 1. The minimum absolute atomic E-state index is 0.0441. The summed E-state index contributed by atoms with van der Waals surface area (Å²) in [5.41, 5.74) is 0. The second kappa shape index (κ2) is 6.85. The molecule has 5 nitrogen and oxygen atoms in total. The van der Waals surface area contributed by atoms with Crippen LogP contribution >= 0.6 is 0 Å². The zero-order valence-corrected chi connectivity index (χ0v) is 10.7. The number of amides is 2. The highest BCUT2D eigenvalue weighted by Crippen LogP contribution is 1.99. The molecule has 1 rings (SSSR count). The third kappa shape index (κ3) is 4.49. The second-order valence-electron chi connectivity index (χ2n) is 3.93. The summed E-state index contributed by atoms with van der Waals surface area (Å²) in [5.74, 6) is 0. The highest BCUT2D eigenvalue weighted by Gasteiger charge is 2.16. The summed E-state index contributed by atoms with van der Waals surface area (Å²) in [7, 11) is -0.815. The van der Waals surface area contributed by atoms with Crippen LogP contribution in [0.3, 0.4) is 0 Å².